The number of hydrogen-bond acceptors (Lipinski definition) is 6. The van der Waals surface area contributed by atoms with Crippen molar-refractivity contribution in [2.45, 2.75) is 90.1 Å². The van der Waals surface area contributed by atoms with Crippen LogP contribution >= 0.6 is 19.2 Å². The Labute approximate surface area is 262 Å². The Morgan fingerprint density at radius 2 is 1.67 bits per heavy atom. The molecule has 0 saturated heterocycles. The third-order valence-corrected chi connectivity index (χ3v) is 10.6. The van der Waals surface area contributed by atoms with E-state index in [-0.39, 0.29) is 50.2 Å². The van der Waals surface area contributed by atoms with Gasteiger partial charge in [-0.05, 0) is 61.8 Å². The molecule has 0 aliphatic heterocycles. The van der Waals surface area contributed by atoms with Gasteiger partial charge in [0.15, 0.2) is 5.85 Å². The molecule has 43 heavy (non-hydrogen) atoms. The first kappa shape index (κ1) is 35.3. The summed E-state index contributed by atoms with van der Waals surface area (Å²) < 4.78 is 24.4. The number of rotatable bonds is 17. The average molecular weight is 635 g/mol. The monoisotopic (exact) mass is 634 g/mol. The summed E-state index contributed by atoms with van der Waals surface area (Å²) in [5.41, 5.74) is 2.07. The quantitative estimate of drug-likeness (QED) is 0.182. The average Bonchev–Trinajstić information content (AvgIpc) is 2.99. The lowest BCUT2D eigenvalue weighted by molar-refractivity contribution is -0.131. The number of carbonyl (C=O) groups excluding carboxylic acids is 2. The minimum absolute atomic E-state index is 0.0398. The summed E-state index contributed by atoms with van der Waals surface area (Å²) in [6.45, 7) is 3.90. The second kappa shape index (κ2) is 17.9. The zero-order valence-electron chi connectivity index (χ0n) is 25.8. The second-order valence-electron chi connectivity index (χ2n) is 11.4. The molecule has 2 aromatic rings. The van der Waals surface area contributed by atoms with E-state index < -0.39 is 19.5 Å². The molecule has 0 radical (unpaired) electrons. The fourth-order valence-electron chi connectivity index (χ4n) is 5.96. The van der Waals surface area contributed by atoms with Gasteiger partial charge in [-0.25, -0.2) is 0 Å². The first-order valence-electron chi connectivity index (χ1n) is 15.5. The maximum atomic E-state index is 13.6. The molecule has 238 valence electrons. The van der Waals surface area contributed by atoms with E-state index in [2.05, 4.69) is 5.32 Å². The van der Waals surface area contributed by atoms with E-state index in [0.29, 0.717) is 23.9 Å². The second-order valence-corrected chi connectivity index (χ2v) is 14.0. The SMILES string of the molecule is CCOP(=O)(OCC)C(O)[C@H](CCC(=O)N(C)Cc1ccccc1)NC(=O)CC(Cc1cccc(Cl)c1)C1CCCCC1. The lowest BCUT2D eigenvalue weighted by Crippen LogP contribution is -2.45. The number of amides is 2. The van der Waals surface area contributed by atoms with Gasteiger partial charge in [0, 0.05) is 31.5 Å². The lowest BCUT2D eigenvalue weighted by Gasteiger charge is -2.32. The van der Waals surface area contributed by atoms with Crippen LogP contribution in [0.5, 0.6) is 0 Å². The van der Waals surface area contributed by atoms with E-state index in [4.69, 9.17) is 20.6 Å². The molecular formula is C33H48ClN2O6P. The zero-order chi connectivity index (χ0) is 31.2. The van der Waals surface area contributed by atoms with Crippen LogP contribution in [0, 0.1) is 11.8 Å². The topological polar surface area (TPSA) is 105 Å². The predicted molar refractivity (Wildman–Crippen MR) is 171 cm³/mol. The van der Waals surface area contributed by atoms with Crippen molar-refractivity contribution in [3.05, 3.63) is 70.7 Å². The molecule has 2 N–H and O–H groups in total. The van der Waals surface area contributed by atoms with Crippen LogP contribution in [0.25, 0.3) is 0 Å². The molecular weight excluding hydrogens is 587 g/mol. The third kappa shape index (κ3) is 11.3. The van der Waals surface area contributed by atoms with Crippen LogP contribution < -0.4 is 5.32 Å². The van der Waals surface area contributed by atoms with Crippen molar-refractivity contribution in [2.24, 2.45) is 11.8 Å². The normalized spacial score (nSPS) is 16.3. The third-order valence-electron chi connectivity index (χ3n) is 8.16. The molecule has 3 rings (SSSR count). The van der Waals surface area contributed by atoms with E-state index >= 15 is 0 Å². The summed E-state index contributed by atoms with van der Waals surface area (Å²) in [6, 6.07) is 16.4. The van der Waals surface area contributed by atoms with E-state index in [9.17, 15) is 19.3 Å². The maximum Gasteiger partial charge on any atom is 0.360 e. The highest BCUT2D eigenvalue weighted by molar-refractivity contribution is 7.54. The van der Waals surface area contributed by atoms with Crippen LogP contribution in [-0.2, 0) is 36.2 Å². The molecule has 1 saturated carbocycles. The Morgan fingerprint density at radius 3 is 2.30 bits per heavy atom. The molecule has 0 heterocycles. The molecule has 2 unspecified atom stereocenters. The van der Waals surface area contributed by atoms with Crippen LogP contribution in [0.2, 0.25) is 5.02 Å². The van der Waals surface area contributed by atoms with Gasteiger partial charge in [-0.2, -0.15) is 0 Å². The summed E-state index contributed by atoms with van der Waals surface area (Å²) >= 11 is 6.26. The maximum absolute atomic E-state index is 13.6. The van der Waals surface area contributed by atoms with Crippen LogP contribution in [0.15, 0.2) is 54.6 Å². The first-order valence-corrected chi connectivity index (χ1v) is 17.5. The van der Waals surface area contributed by atoms with Crippen LogP contribution in [0.3, 0.4) is 0 Å². The fourth-order valence-corrected chi connectivity index (χ4v) is 7.94. The van der Waals surface area contributed by atoms with E-state index in [1.807, 2.05) is 54.6 Å². The number of carbonyl (C=O) groups is 2. The highest BCUT2D eigenvalue weighted by Crippen LogP contribution is 2.53. The Kier molecular flexibility index (Phi) is 14.7. The van der Waals surface area contributed by atoms with Gasteiger partial charge in [-0.3, -0.25) is 14.2 Å². The molecule has 1 fully saturated rings. The molecule has 10 heteroatoms. The van der Waals surface area contributed by atoms with Gasteiger partial charge >= 0.3 is 7.60 Å². The van der Waals surface area contributed by atoms with Gasteiger partial charge < -0.3 is 24.4 Å². The number of nitrogens with zero attached hydrogens (tertiary/aromatic N) is 1. The van der Waals surface area contributed by atoms with E-state index in [0.717, 1.165) is 36.8 Å². The number of hydrogen-bond donors (Lipinski definition) is 2. The van der Waals surface area contributed by atoms with Gasteiger partial charge in [0.2, 0.25) is 11.8 Å². The fraction of sp³-hybridized carbons (Fsp3) is 0.576. The molecule has 0 bridgehead atoms. The summed E-state index contributed by atoms with van der Waals surface area (Å²) in [5.74, 6) is -1.55. The highest BCUT2D eigenvalue weighted by atomic mass is 35.5. The molecule has 2 aromatic carbocycles. The van der Waals surface area contributed by atoms with Crippen LogP contribution in [0.1, 0.15) is 76.3 Å². The zero-order valence-corrected chi connectivity index (χ0v) is 27.4. The molecule has 1 aliphatic rings. The van der Waals surface area contributed by atoms with Crippen LogP contribution in [0.4, 0.5) is 0 Å². The van der Waals surface area contributed by atoms with Gasteiger partial charge in [-0.1, -0.05) is 86.2 Å². The summed E-state index contributed by atoms with van der Waals surface area (Å²) in [4.78, 5) is 28.3. The Bertz CT molecular complexity index is 1180. The van der Waals surface area contributed by atoms with Gasteiger partial charge in [0.1, 0.15) is 0 Å². The minimum atomic E-state index is -3.98. The van der Waals surface area contributed by atoms with Crippen LogP contribution in [-0.4, -0.2) is 54.0 Å². The van der Waals surface area contributed by atoms with Crippen molar-refractivity contribution in [1.29, 1.82) is 0 Å². The van der Waals surface area contributed by atoms with Gasteiger partial charge in [-0.15, -0.1) is 0 Å². The number of benzene rings is 2. The number of halogens is 1. The van der Waals surface area contributed by atoms with Gasteiger partial charge in [0.25, 0.3) is 0 Å². The summed E-state index contributed by atoms with van der Waals surface area (Å²) in [6.07, 6.45) is 6.70. The molecule has 0 spiro atoms. The van der Waals surface area contributed by atoms with Gasteiger partial charge in [0.05, 0.1) is 19.3 Å². The van der Waals surface area contributed by atoms with Crippen molar-refractivity contribution in [3.8, 4) is 0 Å². The van der Waals surface area contributed by atoms with Crippen molar-refractivity contribution in [1.82, 2.24) is 10.2 Å². The number of nitrogens with one attached hydrogen (secondary N) is 1. The standard InChI is InChI=1S/C33H48ClN2O6P/c1-4-41-43(40,42-5-2)33(39)30(19-20-32(38)36(3)24-25-13-8-6-9-14-25)35-31(37)23-28(27-16-10-7-11-17-27)21-26-15-12-18-29(34)22-26/h6,8-9,12-15,18,22,27-28,30,33,39H,4-5,7,10-11,16-17,19-21,23-24H2,1-3H3,(H,35,37)/t28?,30-,33?/m0/s1. The van der Waals surface area contributed by atoms with Crippen molar-refractivity contribution in [2.75, 3.05) is 20.3 Å². The molecule has 3 atom stereocenters. The summed E-state index contributed by atoms with van der Waals surface area (Å²) in [5, 5.41) is 14.9. The lowest BCUT2D eigenvalue weighted by atomic mass is 9.76. The first-order chi connectivity index (χ1) is 20.6. The largest absolute Gasteiger partial charge is 0.379 e. The van der Waals surface area contributed by atoms with Crippen molar-refractivity contribution >= 4 is 31.0 Å². The molecule has 1 aliphatic carbocycles. The Balaban J connectivity index is 1.75. The number of aliphatic hydroxyl groups is 1. The van der Waals surface area contributed by atoms with Crippen molar-refractivity contribution in [3.63, 3.8) is 0 Å². The Morgan fingerprint density at radius 1 is 1.02 bits per heavy atom. The molecule has 8 nitrogen and oxygen atoms in total. The smallest absolute Gasteiger partial charge is 0.360 e. The predicted octanol–water partition coefficient (Wildman–Crippen LogP) is 6.98. The highest BCUT2D eigenvalue weighted by Gasteiger charge is 2.41. The van der Waals surface area contributed by atoms with Crippen molar-refractivity contribution < 1.29 is 28.3 Å². The van der Waals surface area contributed by atoms with E-state index in [1.54, 1.807) is 25.8 Å². The summed E-state index contributed by atoms with van der Waals surface area (Å²) in [7, 11) is -2.26. The minimum Gasteiger partial charge on any atom is -0.379 e. The van der Waals surface area contributed by atoms with E-state index in [1.165, 1.54) is 6.42 Å². The Hall–Kier alpha value is -2.22. The molecule has 0 aromatic heterocycles. The number of aliphatic hydroxyl groups excluding tert-OH is 1. The molecule has 2 amide bonds.